The predicted molar refractivity (Wildman–Crippen MR) is 57.2 cm³/mol. The SMILES string of the molecule is N#Cc1cc(F)ccc1SCCCCl. The van der Waals surface area contributed by atoms with Crippen molar-refractivity contribution < 1.29 is 4.39 Å². The fraction of sp³-hybridized carbons (Fsp3) is 0.300. The molecule has 0 amide bonds. The summed E-state index contributed by atoms with van der Waals surface area (Å²) in [7, 11) is 0. The molecule has 0 aliphatic heterocycles. The summed E-state index contributed by atoms with van der Waals surface area (Å²) in [5.74, 6) is 1.09. The maximum Gasteiger partial charge on any atom is 0.124 e. The van der Waals surface area contributed by atoms with Gasteiger partial charge in [-0.1, -0.05) is 0 Å². The summed E-state index contributed by atoms with van der Waals surface area (Å²) in [4.78, 5) is 0.819. The van der Waals surface area contributed by atoms with Gasteiger partial charge < -0.3 is 0 Å². The van der Waals surface area contributed by atoms with Crippen LogP contribution in [0.4, 0.5) is 4.39 Å². The summed E-state index contributed by atoms with van der Waals surface area (Å²) in [6.07, 6.45) is 0.883. The number of nitriles is 1. The number of halogens is 2. The first-order chi connectivity index (χ1) is 6.77. The number of alkyl halides is 1. The summed E-state index contributed by atoms with van der Waals surface area (Å²) in [6.45, 7) is 0. The van der Waals surface area contributed by atoms with E-state index in [1.54, 1.807) is 6.07 Å². The standard InChI is InChI=1S/C10H9ClFNS/c11-4-1-5-14-10-3-2-9(12)6-8(10)7-13/h2-3,6H,1,4-5H2. The summed E-state index contributed by atoms with van der Waals surface area (Å²) >= 11 is 7.06. The molecule has 0 heterocycles. The molecule has 1 aromatic carbocycles. The Bertz CT molecular complexity index is 348. The van der Waals surface area contributed by atoms with E-state index in [0.717, 1.165) is 17.1 Å². The van der Waals surface area contributed by atoms with Crippen molar-refractivity contribution in [1.82, 2.24) is 0 Å². The van der Waals surface area contributed by atoms with E-state index in [9.17, 15) is 4.39 Å². The van der Waals surface area contributed by atoms with Gasteiger partial charge in [-0.05, 0) is 30.4 Å². The number of thioether (sulfide) groups is 1. The molecule has 0 saturated heterocycles. The van der Waals surface area contributed by atoms with E-state index in [1.807, 2.05) is 6.07 Å². The van der Waals surface area contributed by atoms with Crippen LogP contribution in [0.1, 0.15) is 12.0 Å². The lowest BCUT2D eigenvalue weighted by atomic mass is 10.2. The largest absolute Gasteiger partial charge is 0.207 e. The Labute approximate surface area is 91.9 Å². The zero-order chi connectivity index (χ0) is 10.4. The van der Waals surface area contributed by atoms with Crippen molar-refractivity contribution in [3.05, 3.63) is 29.6 Å². The molecular formula is C10H9ClFNS. The first kappa shape index (κ1) is 11.4. The zero-order valence-electron chi connectivity index (χ0n) is 7.46. The fourth-order valence-electron chi connectivity index (χ4n) is 0.952. The van der Waals surface area contributed by atoms with Crippen LogP contribution in [-0.4, -0.2) is 11.6 Å². The van der Waals surface area contributed by atoms with Crippen molar-refractivity contribution in [1.29, 1.82) is 5.26 Å². The average molecular weight is 230 g/mol. The third-order valence-electron chi connectivity index (χ3n) is 1.60. The highest BCUT2D eigenvalue weighted by molar-refractivity contribution is 7.99. The molecule has 0 saturated carbocycles. The topological polar surface area (TPSA) is 23.8 Å². The monoisotopic (exact) mass is 229 g/mol. The molecule has 0 bridgehead atoms. The highest BCUT2D eigenvalue weighted by atomic mass is 35.5. The van der Waals surface area contributed by atoms with Gasteiger partial charge in [-0.2, -0.15) is 5.26 Å². The normalized spacial score (nSPS) is 9.79. The summed E-state index contributed by atoms with van der Waals surface area (Å²) in [5.41, 5.74) is 0.393. The Morgan fingerprint density at radius 1 is 1.50 bits per heavy atom. The lowest BCUT2D eigenvalue weighted by molar-refractivity contribution is 0.626. The molecule has 0 unspecified atom stereocenters. The highest BCUT2D eigenvalue weighted by Gasteiger charge is 2.03. The summed E-state index contributed by atoms with van der Waals surface area (Å²) < 4.78 is 12.7. The number of hydrogen-bond donors (Lipinski definition) is 0. The number of nitrogens with zero attached hydrogens (tertiary/aromatic N) is 1. The van der Waals surface area contributed by atoms with Gasteiger partial charge in [-0.3, -0.25) is 0 Å². The van der Waals surface area contributed by atoms with Crippen LogP contribution in [0.15, 0.2) is 23.1 Å². The Kier molecular flexibility index (Phi) is 4.78. The second-order valence-corrected chi connectivity index (χ2v) is 4.16. The first-order valence-electron chi connectivity index (χ1n) is 4.16. The maximum absolute atomic E-state index is 12.7. The van der Waals surface area contributed by atoms with Crippen LogP contribution in [0.5, 0.6) is 0 Å². The van der Waals surface area contributed by atoms with Gasteiger partial charge in [0.15, 0.2) is 0 Å². The molecule has 1 rings (SSSR count). The maximum atomic E-state index is 12.7. The molecule has 0 atom stereocenters. The molecule has 4 heteroatoms. The van der Waals surface area contributed by atoms with E-state index in [1.165, 1.54) is 23.9 Å². The van der Waals surface area contributed by atoms with Gasteiger partial charge in [0, 0.05) is 10.8 Å². The van der Waals surface area contributed by atoms with Crippen molar-refractivity contribution in [2.45, 2.75) is 11.3 Å². The summed E-state index contributed by atoms with van der Waals surface area (Å²) in [6, 6.07) is 6.22. The van der Waals surface area contributed by atoms with Crippen molar-refractivity contribution in [3.8, 4) is 6.07 Å². The lowest BCUT2D eigenvalue weighted by Gasteiger charge is -2.02. The zero-order valence-corrected chi connectivity index (χ0v) is 9.04. The third kappa shape index (κ3) is 3.21. The van der Waals surface area contributed by atoms with E-state index in [0.29, 0.717) is 11.4 Å². The highest BCUT2D eigenvalue weighted by Crippen LogP contribution is 2.23. The molecule has 0 aliphatic rings. The molecule has 74 valence electrons. The van der Waals surface area contributed by atoms with Crippen molar-refractivity contribution >= 4 is 23.4 Å². The van der Waals surface area contributed by atoms with Crippen LogP contribution in [0, 0.1) is 17.1 Å². The first-order valence-corrected chi connectivity index (χ1v) is 5.68. The van der Waals surface area contributed by atoms with Crippen LogP contribution in [0.25, 0.3) is 0 Å². The molecule has 0 N–H and O–H groups in total. The van der Waals surface area contributed by atoms with E-state index in [-0.39, 0.29) is 5.82 Å². The predicted octanol–water partition coefficient (Wildman–Crippen LogP) is 3.42. The molecular weight excluding hydrogens is 221 g/mol. The molecule has 1 nitrogen and oxygen atoms in total. The molecule has 1 aromatic rings. The van der Waals surface area contributed by atoms with E-state index >= 15 is 0 Å². The minimum absolute atomic E-state index is 0.372. The Hall–Kier alpha value is -0.720. The van der Waals surface area contributed by atoms with Crippen molar-refractivity contribution in [2.75, 3.05) is 11.6 Å². The van der Waals surface area contributed by atoms with E-state index < -0.39 is 0 Å². The number of hydrogen-bond acceptors (Lipinski definition) is 2. The molecule has 14 heavy (non-hydrogen) atoms. The Morgan fingerprint density at radius 2 is 2.29 bits per heavy atom. The van der Waals surface area contributed by atoms with Crippen molar-refractivity contribution in [3.63, 3.8) is 0 Å². The minimum atomic E-state index is -0.372. The summed E-state index contributed by atoms with van der Waals surface area (Å²) in [5, 5.41) is 8.74. The van der Waals surface area contributed by atoms with Gasteiger partial charge >= 0.3 is 0 Å². The van der Waals surface area contributed by atoms with Gasteiger partial charge in [0.1, 0.15) is 11.9 Å². The van der Waals surface area contributed by atoms with E-state index in [2.05, 4.69) is 0 Å². The second-order valence-electron chi connectivity index (χ2n) is 2.64. The number of rotatable bonds is 4. The Balaban J connectivity index is 2.72. The van der Waals surface area contributed by atoms with Gasteiger partial charge in [-0.25, -0.2) is 4.39 Å². The van der Waals surface area contributed by atoms with Gasteiger partial charge in [0.25, 0.3) is 0 Å². The van der Waals surface area contributed by atoms with Crippen LogP contribution in [0.2, 0.25) is 0 Å². The van der Waals surface area contributed by atoms with Crippen LogP contribution in [0.3, 0.4) is 0 Å². The van der Waals surface area contributed by atoms with Gasteiger partial charge in [0.2, 0.25) is 0 Å². The quantitative estimate of drug-likeness (QED) is 0.449. The van der Waals surface area contributed by atoms with Crippen molar-refractivity contribution in [2.24, 2.45) is 0 Å². The van der Waals surface area contributed by atoms with Crippen LogP contribution in [-0.2, 0) is 0 Å². The molecule has 0 spiro atoms. The number of benzene rings is 1. The minimum Gasteiger partial charge on any atom is -0.207 e. The lowest BCUT2D eigenvalue weighted by Crippen LogP contribution is -1.86. The van der Waals surface area contributed by atoms with Gasteiger partial charge in [0.05, 0.1) is 5.56 Å². The van der Waals surface area contributed by atoms with Gasteiger partial charge in [-0.15, -0.1) is 23.4 Å². The molecule has 0 fully saturated rings. The second kappa shape index (κ2) is 5.90. The smallest absolute Gasteiger partial charge is 0.124 e. The van der Waals surface area contributed by atoms with Crippen LogP contribution < -0.4 is 0 Å². The van der Waals surface area contributed by atoms with E-state index in [4.69, 9.17) is 16.9 Å². The molecule has 0 aromatic heterocycles. The molecule has 0 aliphatic carbocycles. The fourth-order valence-corrected chi connectivity index (χ4v) is 2.18. The Morgan fingerprint density at radius 3 is 2.93 bits per heavy atom. The average Bonchev–Trinajstić information content (AvgIpc) is 2.20. The third-order valence-corrected chi connectivity index (χ3v) is 3.02. The molecule has 0 radical (unpaired) electrons. The van der Waals surface area contributed by atoms with Crippen LogP contribution >= 0.6 is 23.4 Å².